The molecule has 0 aliphatic carbocycles. The molecule has 0 atom stereocenters. The van der Waals surface area contributed by atoms with Crippen molar-refractivity contribution in [3.8, 4) is 0 Å². The number of benzene rings is 3. The first-order valence-electron chi connectivity index (χ1n) is 6.30. The average Bonchev–Trinajstić information content (AvgIpc) is 2.47. The summed E-state index contributed by atoms with van der Waals surface area (Å²) in [6.07, 6.45) is 0. The molecule has 92 valence electrons. The maximum atomic E-state index is 4.43. The van der Waals surface area contributed by atoms with E-state index in [0.717, 1.165) is 22.3 Å². The van der Waals surface area contributed by atoms with E-state index in [-0.39, 0.29) is 0 Å². The van der Waals surface area contributed by atoms with Gasteiger partial charge in [0.25, 0.3) is 0 Å². The zero-order valence-corrected chi connectivity index (χ0v) is 10.7. The molecule has 0 radical (unpaired) electrons. The van der Waals surface area contributed by atoms with Crippen LogP contribution < -0.4 is 0 Å². The Kier molecular flexibility index (Phi) is 3.07. The van der Waals surface area contributed by atoms with E-state index in [1.807, 2.05) is 42.5 Å². The van der Waals surface area contributed by atoms with Gasteiger partial charge in [-0.3, -0.25) is 0 Å². The molecular formula is C17H14N2. The number of hydrogen-bond acceptors (Lipinski definition) is 2. The van der Waals surface area contributed by atoms with Gasteiger partial charge in [0.1, 0.15) is 0 Å². The van der Waals surface area contributed by atoms with Crippen molar-refractivity contribution in [1.29, 1.82) is 0 Å². The van der Waals surface area contributed by atoms with E-state index < -0.39 is 0 Å². The lowest BCUT2D eigenvalue weighted by molar-refractivity contribution is 1.22. The summed E-state index contributed by atoms with van der Waals surface area (Å²) in [5, 5.41) is 11.1. The third kappa shape index (κ3) is 2.38. The van der Waals surface area contributed by atoms with Crippen molar-refractivity contribution in [1.82, 2.24) is 0 Å². The molecule has 0 N–H and O–H groups in total. The maximum absolute atomic E-state index is 4.43. The molecule has 0 saturated carbocycles. The van der Waals surface area contributed by atoms with Gasteiger partial charge < -0.3 is 0 Å². The summed E-state index contributed by atoms with van der Waals surface area (Å²) < 4.78 is 0. The van der Waals surface area contributed by atoms with Crippen LogP contribution in [0.1, 0.15) is 5.56 Å². The highest BCUT2D eigenvalue weighted by Crippen LogP contribution is 2.30. The Morgan fingerprint density at radius 1 is 0.684 bits per heavy atom. The molecule has 2 nitrogen and oxygen atoms in total. The molecule has 2 heteroatoms. The Balaban J connectivity index is 2.10. The van der Waals surface area contributed by atoms with Crippen LogP contribution >= 0.6 is 0 Å². The van der Waals surface area contributed by atoms with Crippen LogP contribution in [-0.2, 0) is 0 Å². The Morgan fingerprint density at radius 3 is 2.26 bits per heavy atom. The number of azo groups is 1. The minimum Gasteiger partial charge on any atom is -0.151 e. The molecule has 0 heterocycles. The van der Waals surface area contributed by atoms with Gasteiger partial charge in [-0.1, -0.05) is 54.6 Å². The predicted molar refractivity (Wildman–Crippen MR) is 79.3 cm³/mol. The number of hydrogen-bond donors (Lipinski definition) is 0. The summed E-state index contributed by atoms with van der Waals surface area (Å²) in [4.78, 5) is 0. The van der Waals surface area contributed by atoms with Crippen molar-refractivity contribution >= 4 is 22.1 Å². The average molecular weight is 246 g/mol. The monoisotopic (exact) mass is 246 g/mol. The SMILES string of the molecule is Cc1ccc2ccccc2c1N=Nc1ccccc1. The molecule has 0 fully saturated rings. The summed E-state index contributed by atoms with van der Waals surface area (Å²) in [7, 11) is 0. The summed E-state index contributed by atoms with van der Waals surface area (Å²) in [5.74, 6) is 0. The Morgan fingerprint density at radius 2 is 1.42 bits per heavy atom. The molecule has 3 aromatic rings. The van der Waals surface area contributed by atoms with Crippen molar-refractivity contribution in [2.75, 3.05) is 0 Å². The van der Waals surface area contributed by atoms with Crippen LogP contribution in [0.15, 0.2) is 77.0 Å². The third-order valence-electron chi connectivity index (χ3n) is 3.12. The van der Waals surface area contributed by atoms with Gasteiger partial charge in [-0.2, -0.15) is 5.11 Å². The molecular weight excluding hydrogens is 232 g/mol. The van der Waals surface area contributed by atoms with Crippen LogP contribution in [0.25, 0.3) is 10.8 Å². The van der Waals surface area contributed by atoms with E-state index in [1.54, 1.807) is 0 Å². The quantitative estimate of drug-likeness (QED) is 0.528. The fourth-order valence-corrected chi connectivity index (χ4v) is 2.10. The summed E-state index contributed by atoms with van der Waals surface area (Å²) >= 11 is 0. The molecule has 0 amide bonds. The molecule has 0 aliphatic heterocycles. The minimum atomic E-state index is 0.870. The van der Waals surface area contributed by atoms with Gasteiger partial charge in [-0.25, -0.2) is 0 Å². The second-order valence-electron chi connectivity index (χ2n) is 4.49. The fraction of sp³-hybridized carbons (Fsp3) is 0.0588. The zero-order valence-electron chi connectivity index (χ0n) is 10.7. The maximum Gasteiger partial charge on any atom is 0.0964 e. The van der Waals surface area contributed by atoms with Crippen molar-refractivity contribution in [2.24, 2.45) is 10.2 Å². The van der Waals surface area contributed by atoms with Gasteiger partial charge in [0, 0.05) is 5.39 Å². The van der Waals surface area contributed by atoms with E-state index in [2.05, 4.69) is 41.4 Å². The van der Waals surface area contributed by atoms with Gasteiger partial charge >= 0.3 is 0 Å². The van der Waals surface area contributed by atoms with Crippen LogP contribution in [0.5, 0.6) is 0 Å². The second-order valence-corrected chi connectivity index (χ2v) is 4.49. The van der Waals surface area contributed by atoms with E-state index in [1.165, 1.54) is 5.39 Å². The smallest absolute Gasteiger partial charge is 0.0964 e. The normalized spacial score (nSPS) is 11.2. The van der Waals surface area contributed by atoms with E-state index in [9.17, 15) is 0 Å². The predicted octanol–water partition coefficient (Wildman–Crippen LogP) is 5.56. The first-order chi connectivity index (χ1) is 9.34. The Hall–Kier alpha value is -2.48. The van der Waals surface area contributed by atoms with E-state index >= 15 is 0 Å². The lowest BCUT2D eigenvalue weighted by atomic mass is 10.1. The first-order valence-corrected chi connectivity index (χ1v) is 6.30. The fourth-order valence-electron chi connectivity index (χ4n) is 2.10. The summed E-state index contributed by atoms with van der Waals surface area (Å²) in [6.45, 7) is 2.06. The number of aryl methyl sites for hydroxylation is 1. The van der Waals surface area contributed by atoms with Crippen LogP contribution in [-0.4, -0.2) is 0 Å². The van der Waals surface area contributed by atoms with Gasteiger partial charge in [0.05, 0.1) is 11.4 Å². The second kappa shape index (κ2) is 5.02. The third-order valence-corrected chi connectivity index (χ3v) is 3.12. The number of rotatable bonds is 2. The van der Waals surface area contributed by atoms with Crippen LogP contribution in [0.4, 0.5) is 11.4 Å². The van der Waals surface area contributed by atoms with Gasteiger partial charge in [0.2, 0.25) is 0 Å². The standard InChI is InChI=1S/C17H14N2/c1-13-11-12-14-7-5-6-10-16(14)17(13)19-18-15-8-3-2-4-9-15/h2-12H,1H3. The molecule has 3 aromatic carbocycles. The minimum absolute atomic E-state index is 0.870. The first kappa shape index (κ1) is 11.6. The molecule has 0 bridgehead atoms. The largest absolute Gasteiger partial charge is 0.151 e. The van der Waals surface area contributed by atoms with Crippen LogP contribution in [0.3, 0.4) is 0 Å². The Bertz CT molecular complexity index is 731. The molecule has 0 unspecified atom stereocenters. The van der Waals surface area contributed by atoms with Crippen LogP contribution in [0.2, 0.25) is 0 Å². The number of nitrogens with zero attached hydrogens (tertiary/aromatic N) is 2. The van der Waals surface area contributed by atoms with E-state index in [4.69, 9.17) is 0 Å². The Labute approximate surface area is 112 Å². The molecule has 0 aliphatic rings. The zero-order chi connectivity index (χ0) is 13.1. The summed E-state index contributed by atoms with van der Waals surface area (Å²) in [6, 6.07) is 22.2. The highest BCUT2D eigenvalue weighted by molar-refractivity contribution is 5.93. The molecule has 0 spiro atoms. The lowest BCUT2D eigenvalue weighted by Crippen LogP contribution is -1.78. The molecule has 0 aromatic heterocycles. The van der Waals surface area contributed by atoms with Crippen LogP contribution in [0, 0.1) is 6.92 Å². The van der Waals surface area contributed by atoms with Crippen molar-refractivity contribution in [3.05, 3.63) is 72.3 Å². The highest BCUT2D eigenvalue weighted by Gasteiger charge is 2.03. The molecule has 0 saturated heterocycles. The van der Waals surface area contributed by atoms with Crippen molar-refractivity contribution in [2.45, 2.75) is 6.92 Å². The lowest BCUT2D eigenvalue weighted by Gasteiger charge is -2.04. The topological polar surface area (TPSA) is 24.7 Å². The van der Waals surface area contributed by atoms with Crippen molar-refractivity contribution in [3.63, 3.8) is 0 Å². The van der Waals surface area contributed by atoms with E-state index in [0.29, 0.717) is 0 Å². The molecule has 19 heavy (non-hydrogen) atoms. The number of fused-ring (bicyclic) bond motifs is 1. The van der Waals surface area contributed by atoms with Gasteiger partial charge in [-0.05, 0) is 30.0 Å². The van der Waals surface area contributed by atoms with Gasteiger partial charge in [0.15, 0.2) is 0 Å². The highest BCUT2D eigenvalue weighted by atomic mass is 15.1. The van der Waals surface area contributed by atoms with Crippen molar-refractivity contribution < 1.29 is 0 Å². The summed E-state index contributed by atoms with van der Waals surface area (Å²) in [5.41, 5.74) is 2.95. The molecule has 3 rings (SSSR count). The van der Waals surface area contributed by atoms with Gasteiger partial charge in [-0.15, -0.1) is 5.11 Å².